The highest BCUT2D eigenvalue weighted by Crippen LogP contribution is 2.42. The van der Waals surface area contributed by atoms with Crippen LogP contribution in [0.4, 0.5) is 0 Å². The number of benzene rings is 9. The van der Waals surface area contributed by atoms with E-state index in [9.17, 15) is 0 Å². The molecule has 0 N–H and O–H groups in total. The molecule has 4 nitrogen and oxygen atoms in total. The molecule has 2 aliphatic heterocycles. The zero-order valence-electron chi connectivity index (χ0n) is 32.7. The minimum atomic E-state index is -0.0340. The molecule has 60 heavy (non-hydrogen) atoms. The van der Waals surface area contributed by atoms with Gasteiger partial charge in [0.2, 0.25) is 0 Å². The number of aryl methyl sites for hydroxylation is 1. The lowest BCUT2D eigenvalue weighted by molar-refractivity contribution is 0.487. The lowest BCUT2D eigenvalue weighted by atomic mass is 9.34. The summed E-state index contributed by atoms with van der Waals surface area (Å²) in [6, 6.07) is 69.3. The first-order valence-corrected chi connectivity index (χ1v) is 20.8. The van der Waals surface area contributed by atoms with Crippen LogP contribution in [-0.4, -0.2) is 20.4 Å². The SMILES string of the molecule is Cc1cc2c3c(c1)-n1c4ccc(-n5c6ccccc6c6ccccc65)cc4c4cc(-n5c6ccccc6c6ccccc65)cc(c41)B3c1ccc(-c3ccccc3)cc1O2. The summed E-state index contributed by atoms with van der Waals surface area (Å²) in [6.07, 6.45) is 0. The van der Waals surface area contributed by atoms with E-state index in [-0.39, 0.29) is 6.71 Å². The second kappa shape index (κ2) is 11.7. The van der Waals surface area contributed by atoms with Crippen molar-refractivity contribution in [2.24, 2.45) is 0 Å². The third kappa shape index (κ3) is 4.20. The molecule has 0 saturated carbocycles. The number of nitrogens with zero attached hydrogens (tertiary/aromatic N) is 3. The molecule has 2 aliphatic rings. The Morgan fingerprint density at radius 3 is 1.60 bits per heavy atom. The third-order valence-corrected chi connectivity index (χ3v) is 13.3. The second-order valence-electron chi connectivity index (χ2n) is 16.6. The number of para-hydroxylation sites is 4. The van der Waals surface area contributed by atoms with E-state index < -0.39 is 0 Å². The van der Waals surface area contributed by atoms with Crippen molar-refractivity contribution in [2.75, 3.05) is 0 Å². The molecule has 5 heterocycles. The van der Waals surface area contributed by atoms with Crippen molar-refractivity contribution in [3.05, 3.63) is 194 Å². The predicted octanol–water partition coefficient (Wildman–Crippen LogP) is 11.9. The van der Waals surface area contributed by atoms with Gasteiger partial charge < -0.3 is 18.4 Å². The largest absolute Gasteiger partial charge is 0.458 e. The van der Waals surface area contributed by atoms with Crippen molar-refractivity contribution in [1.29, 1.82) is 0 Å². The molecule has 9 aromatic carbocycles. The van der Waals surface area contributed by atoms with Crippen LogP contribution in [0.5, 0.6) is 11.5 Å². The molecule has 0 spiro atoms. The van der Waals surface area contributed by atoms with Gasteiger partial charge in [-0.15, -0.1) is 0 Å². The summed E-state index contributed by atoms with van der Waals surface area (Å²) in [5.41, 5.74) is 17.9. The zero-order chi connectivity index (χ0) is 39.2. The highest BCUT2D eigenvalue weighted by Gasteiger charge is 2.41. The number of rotatable bonds is 3. The van der Waals surface area contributed by atoms with Crippen molar-refractivity contribution in [3.8, 4) is 39.7 Å². The van der Waals surface area contributed by atoms with E-state index in [1.165, 1.54) is 98.6 Å². The fourth-order valence-electron chi connectivity index (χ4n) is 10.9. The molecule has 3 aromatic heterocycles. The molecule has 0 bridgehead atoms. The number of ether oxygens (including phenoxy) is 1. The Hall–Kier alpha value is -7.76. The van der Waals surface area contributed by atoms with E-state index >= 15 is 0 Å². The van der Waals surface area contributed by atoms with Crippen LogP contribution < -0.4 is 21.1 Å². The van der Waals surface area contributed by atoms with Crippen LogP contribution in [0.3, 0.4) is 0 Å². The van der Waals surface area contributed by atoms with Gasteiger partial charge >= 0.3 is 0 Å². The maximum Gasteiger partial charge on any atom is 0.256 e. The van der Waals surface area contributed by atoms with E-state index in [4.69, 9.17) is 4.74 Å². The third-order valence-electron chi connectivity index (χ3n) is 13.3. The van der Waals surface area contributed by atoms with Gasteiger partial charge in [0.15, 0.2) is 0 Å². The normalized spacial score (nSPS) is 12.8. The Labute approximate surface area is 345 Å². The molecule has 12 aromatic rings. The Balaban J connectivity index is 1.12. The van der Waals surface area contributed by atoms with Gasteiger partial charge in [0, 0.05) is 54.9 Å². The van der Waals surface area contributed by atoms with Crippen molar-refractivity contribution in [1.82, 2.24) is 13.7 Å². The van der Waals surface area contributed by atoms with Crippen LogP contribution in [0.15, 0.2) is 188 Å². The number of aromatic nitrogens is 3. The lowest BCUT2D eigenvalue weighted by Crippen LogP contribution is -2.58. The highest BCUT2D eigenvalue weighted by atomic mass is 16.5. The maximum atomic E-state index is 7.01. The van der Waals surface area contributed by atoms with Crippen molar-refractivity contribution < 1.29 is 4.74 Å². The standard InChI is InChI=1S/C55H34BN3O/c1-33-27-51-54-53(28-33)60-52-29-35(34-13-3-2-4-14-34)23-25-44(52)56(54)45-32-37(58-48-21-11-7-17-40(48)41-18-8-12-22-49(41)58)31-43-42-30-36(24-26-50(42)59(51)55(43)45)57-46-19-9-5-15-38(46)39-16-6-10-20-47(39)57/h2-32H,1H3. The summed E-state index contributed by atoms with van der Waals surface area (Å²) in [4.78, 5) is 0. The maximum absolute atomic E-state index is 7.01. The molecule has 0 aliphatic carbocycles. The first kappa shape index (κ1) is 32.2. The summed E-state index contributed by atoms with van der Waals surface area (Å²) >= 11 is 0. The number of fused-ring (bicyclic) bond motifs is 13. The summed E-state index contributed by atoms with van der Waals surface area (Å²) < 4.78 is 14.5. The quantitative estimate of drug-likeness (QED) is 0.164. The van der Waals surface area contributed by atoms with Gasteiger partial charge in [0.1, 0.15) is 11.5 Å². The lowest BCUT2D eigenvalue weighted by Gasteiger charge is -2.34. The summed E-state index contributed by atoms with van der Waals surface area (Å²) in [5, 5.41) is 7.50. The van der Waals surface area contributed by atoms with Crippen molar-refractivity contribution in [2.45, 2.75) is 6.92 Å². The molecule has 278 valence electrons. The Kier molecular flexibility index (Phi) is 6.27. The summed E-state index contributed by atoms with van der Waals surface area (Å²) in [7, 11) is 0. The van der Waals surface area contributed by atoms with Gasteiger partial charge in [-0.2, -0.15) is 0 Å². The second-order valence-corrected chi connectivity index (χ2v) is 16.6. The average Bonchev–Trinajstić information content (AvgIpc) is 3.93. The molecule has 14 rings (SSSR count). The number of hydrogen-bond acceptors (Lipinski definition) is 1. The van der Waals surface area contributed by atoms with Crippen LogP contribution in [-0.2, 0) is 0 Å². The van der Waals surface area contributed by atoms with E-state index in [2.05, 4.69) is 209 Å². The van der Waals surface area contributed by atoms with Crippen LogP contribution in [0, 0.1) is 6.92 Å². The van der Waals surface area contributed by atoms with Gasteiger partial charge in [-0.25, -0.2) is 0 Å². The Bertz CT molecular complexity index is 3720. The van der Waals surface area contributed by atoms with E-state index in [0.717, 1.165) is 28.4 Å². The molecule has 0 saturated heterocycles. The fraction of sp³-hybridized carbons (Fsp3) is 0.0182. The smallest absolute Gasteiger partial charge is 0.256 e. The summed E-state index contributed by atoms with van der Waals surface area (Å²) in [6.45, 7) is 2.16. The minimum absolute atomic E-state index is 0.0340. The van der Waals surface area contributed by atoms with Crippen molar-refractivity contribution >= 4 is 88.5 Å². The van der Waals surface area contributed by atoms with Gasteiger partial charge in [-0.3, -0.25) is 0 Å². The molecular formula is C55H34BN3O. The van der Waals surface area contributed by atoms with Gasteiger partial charge in [-0.05, 0) is 113 Å². The first-order chi connectivity index (χ1) is 29.7. The molecule has 0 atom stereocenters. The molecule has 0 radical (unpaired) electrons. The molecule has 0 fully saturated rings. The van der Waals surface area contributed by atoms with Gasteiger partial charge in [-0.1, -0.05) is 115 Å². The highest BCUT2D eigenvalue weighted by molar-refractivity contribution is 6.99. The topological polar surface area (TPSA) is 24.0 Å². The Morgan fingerprint density at radius 2 is 0.950 bits per heavy atom. The first-order valence-electron chi connectivity index (χ1n) is 20.8. The minimum Gasteiger partial charge on any atom is -0.458 e. The number of hydrogen-bond donors (Lipinski definition) is 0. The molecular weight excluding hydrogens is 729 g/mol. The molecule has 5 heteroatoms. The van der Waals surface area contributed by atoms with Crippen LogP contribution in [0.2, 0.25) is 0 Å². The van der Waals surface area contributed by atoms with E-state index in [0.29, 0.717) is 0 Å². The Morgan fingerprint density at radius 1 is 0.383 bits per heavy atom. The summed E-state index contributed by atoms with van der Waals surface area (Å²) in [5.74, 6) is 1.84. The van der Waals surface area contributed by atoms with E-state index in [1.54, 1.807) is 0 Å². The average molecular weight is 764 g/mol. The van der Waals surface area contributed by atoms with Crippen LogP contribution >= 0.6 is 0 Å². The zero-order valence-corrected chi connectivity index (χ0v) is 32.7. The monoisotopic (exact) mass is 763 g/mol. The van der Waals surface area contributed by atoms with Crippen LogP contribution in [0.1, 0.15) is 5.56 Å². The predicted molar refractivity (Wildman–Crippen MR) is 251 cm³/mol. The van der Waals surface area contributed by atoms with Gasteiger partial charge in [0.05, 0.1) is 27.6 Å². The van der Waals surface area contributed by atoms with E-state index in [1.807, 2.05) is 0 Å². The fourth-order valence-corrected chi connectivity index (χ4v) is 10.9. The molecule has 0 unspecified atom stereocenters. The van der Waals surface area contributed by atoms with Crippen molar-refractivity contribution in [3.63, 3.8) is 0 Å². The van der Waals surface area contributed by atoms with Crippen LogP contribution in [0.25, 0.3) is 93.6 Å². The van der Waals surface area contributed by atoms with Gasteiger partial charge in [0.25, 0.3) is 6.71 Å². The molecule has 0 amide bonds.